The zero-order valence-corrected chi connectivity index (χ0v) is 11.8. The maximum Gasteiger partial charge on any atom is 0.0297 e. The largest absolute Gasteiger partial charge is 0.307 e. The Kier molecular flexibility index (Phi) is 5.36. The van der Waals surface area contributed by atoms with Gasteiger partial charge in [0.15, 0.2) is 0 Å². The molecule has 1 N–H and O–H groups in total. The molecule has 2 atom stereocenters. The zero-order chi connectivity index (χ0) is 12.1. The van der Waals surface area contributed by atoms with Crippen LogP contribution in [0.3, 0.4) is 0 Å². The Morgan fingerprint density at radius 2 is 1.94 bits per heavy atom. The van der Waals surface area contributed by atoms with E-state index in [2.05, 4.69) is 57.5 Å². The number of aryl methyl sites for hydroxylation is 2. The lowest BCUT2D eigenvalue weighted by Gasteiger charge is -2.21. The molecule has 0 aromatic heterocycles. The monoisotopic (exact) mass is 237 g/mol. The van der Waals surface area contributed by atoms with E-state index < -0.39 is 0 Å². The van der Waals surface area contributed by atoms with Gasteiger partial charge in [0.25, 0.3) is 0 Å². The van der Waals surface area contributed by atoms with Crippen LogP contribution in [0, 0.1) is 13.8 Å². The van der Waals surface area contributed by atoms with E-state index in [1.54, 1.807) is 0 Å². The molecule has 0 radical (unpaired) electrons. The van der Waals surface area contributed by atoms with Crippen molar-refractivity contribution in [1.29, 1.82) is 0 Å². The summed E-state index contributed by atoms with van der Waals surface area (Å²) in [5.74, 6) is 1.16. The second-order valence-corrected chi connectivity index (χ2v) is 5.52. The van der Waals surface area contributed by atoms with E-state index in [4.69, 9.17) is 0 Å². The molecule has 90 valence electrons. The predicted octanol–water partition coefficient (Wildman–Crippen LogP) is 3.71. The van der Waals surface area contributed by atoms with E-state index in [1.165, 1.54) is 16.7 Å². The second kappa shape index (κ2) is 6.31. The average Bonchev–Trinajstić information content (AvgIpc) is 2.17. The highest BCUT2D eigenvalue weighted by Crippen LogP contribution is 2.19. The van der Waals surface area contributed by atoms with Gasteiger partial charge in [-0.1, -0.05) is 23.8 Å². The van der Waals surface area contributed by atoms with Crippen molar-refractivity contribution >= 4 is 11.8 Å². The molecule has 0 bridgehead atoms. The minimum absolute atomic E-state index is 0.433. The summed E-state index contributed by atoms with van der Waals surface area (Å²) < 4.78 is 0. The third-order valence-corrected chi connectivity index (χ3v) is 3.68. The molecule has 1 aromatic carbocycles. The second-order valence-electron chi connectivity index (χ2n) is 4.60. The summed E-state index contributed by atoms with van der Waals surface area (Å²) >= 11 is 1.89. The molecule has 1 aromatic rings. The highest BCUT2D eigenvalue weighted by Gasteiger charge is 2.10. The van der Waals surface area contributed by atoms with Crippen LogP contribution in [0.5, 0.6) is 0 Å². The molecule has 0 saturated heterocycles. The molecule has 0 aliphatic carbocycles. The first-order chi connectivity index (χ1) is 7.54. The summed E-state index contributed by atoms with van der Waals surface area (Å²) in [7, 11) is 0. The molecule has 0 amide bonds. The summed E-state index contributed by atoms with van der Waals surface area (Å²) in [5, 5.41) is 3.64. The fourth-order valence-electron chi connectivity index (χ4n) is 2.13. The number of thioether (sulfide) groups is 1. The first-order valence-electron chi connectivity index (χ1n) is 5.86. The van der Waals surface area contributed by atoms with Crippen molar-refractivity contribution in [2.45, 2.75) is 39.8 Å². The van der Waals surface area contributed by atoms with E-state index in [0.29, 0.717) is 12.1 Å². The molecule has 1 nitrogen and oxygen atoms in total. The van der Waals surface area contributed by atoms with Gasteiger partial charge in [0.1, 0.15) is 0 Å². The van der Waals surface area contributed by atoms with Crippen LogP contribution in [0.1, 0.15) is 36.6 Å². The van der Waals surface area contributed by atoms with Crippen LogP contribution >= 0.6 is 11.8 Å². The Balaban J connectivity index is 2.69. The van der Waals surface area contributed by atoms with Gasteiger partial charge in [0.2, 0.25) is 0 Å². The van der Waals surface area contributed by atoms with E-state index in [0.717, 1.165) is 5.75 Å². The van der Waals surface area contributed by atoms with Gasteiger partial charge in [0.05, 0.1) is 0 Å². The number of nitrogens with one attached hydrogen (secondary N) is 1. The molecule has 1 rings (SSSR count). The maximum atomic E-state index is 3.64. The van der Waals surface area contributed by atoms with Crippen molar-refractivity contribution in [1.82, 2.24) is 5.32 Å². The van der Waals surface area contributed by atoms with Gasteiger partial charge in [-0.15, -0.1) is 0 Å². The van der Waals surface area contributed by atoms with Gasteiger partial charge in [-0.25, -0.2) is 0 Å². The smallest absolute Gasteiger partial charge is 0.0297 e. The van der Waals surface area contributed by atoms with Crippen LogP contribution in [0.25, 0.3) is 0 Å². The topological polar surface area (TPSA) is 12.0 Å². The first-order valence-corrected chi connectivity index (χ1v) is 7.26. The summed E-state index contributed by atoms with van der Waals surface area (Å²) in [4.78, 5) is 0. The Morgan fingerprint density at radius 3 is 2.50 bits per heavy atom. The van der Waals surface area contributed by atoms with Crippen LogP contribution in [-0.4, -0.2) is 18.1 Å². The number of hydrogen-bond acceptors (Lipinski definition) is 2. The molecule has 2 heteroatoms. The van der Waals surface area contributed by atoms with Crippen molar-refractivity contribution in [2.75, 3.05) is 12.0 Å². The lowest BCUT2D eigenvalue weighted by molar-refractivity contribution is 0.510. The molecule has 16 heavy (non-hydrogen) atoms. The summed E-state index contributed by atoms with van der Waals surface area (Å²) in [6.07, 6.45) is 2.15. The lowest BCUT2D eigenvalue weighted by atomic mass is 10.00. The Bertz CT molecular complexity index is 336. The average molecular weight is 237 g/mol. The summed E-state index contributed by atoms with van der Waals surface area (Å²) in [6.45, 7) is 8.83. The quantitative estimate of drug-likeness (QED) is 0.838. The van der Waals surface area contributed by atoms with Gasteiger partial charge in [-0.2, -0.15) is 11.8 Å². The molecule has 0 saturated carbocycles. The normalized spacial score (nSPS) is 14.8. The number of hydrogen-bond donors (Lipinski definition) is 1. The fraction of sp³-hybridized carbons (Fsp3) is 0.571. The third kappa shape index (κ3) is 3.84. The van der Waals surface area contributed by atoms with E-state index in [-0.39, 0.29) is 0 Å². The lowest BCUT2D eigenvalue weighted by Crippen LogP contribution is -2.31. The molecule has 0 spiro atoms. The SMILES string of the molecule is CSCC(C)NC(C)c1ccc(C)cc1C. The van der Waals surface area contributed by atoms with Gasteiger partial charge < -0.3 is 5.32 Å². The van der Waals surface area contributed by atoms with Crippen molar-refractivity contribution in [2.24, 2.45) is 0 Å². The van der Waals surface area contributed by atoms with Gasteiger partial charge in [0, 0.05) is 17.8 Å². The van der Waals surface area contributed by atoms with Crippen molar-refractivity contribution in [3.05, 3.63) is 34.9 Å². The summed E-state index contributed by atoms with van der Waals surface area (Å²) in [5.41, 5.74) is 4.14. The highest BCUT2D eigenvalue weighted by atomic mass is 32.2. The minimum Gasteiger partial charge on any atom is -0.307 e. The zero-order valence-electron chi connectivity index (χ0n) is 11.0. The van der Waals surface area contributed by atoms with Gasteiger partial charge in [-0.3, -0.25) is 0 Å². The van der Waals surface area contributed by atoms with E-state index in [9.17, 15) is 0 Å². The van der Waals surface area contributed by atoms with Gasteiger partial charge in [-0.05, 0) is 45.1 Å². The maximum absolute atomic E-state index is 3.64. The van der Waals surface area contributed by atoms with Crippen LogP contribution in [0.15, 0.2) is 18.2 Å². The van der Waals surface area contributed by atoms with Crippen LogP contribution in [0.4, 0.5) is 0 Å². The molecule has 0 aliphatic rings. The standard InChI is InChI=1S/C14H23NS/c1-10-6-7-14(11(2)8-10)13(4)15-12(3)9-16-5/h6-8,12-13,15H,9H2,1-5H3. The van der Waals surface area contributed by atoms with Crippen LogP contribution < -0.4 is 5.32 Å². The highest BCUT2D eigenvalue weighted by molar-refractivity contribution is 7.98. The van der Waals surface area contributed by atoms with Crippen LogP contribution in [0.2, 0.25) is 0 Å². The van der Waals surface area contributed by atoms with E-state index in [1.807, 2.05) is 11.8 Å². The minimum atomic E-state index is 0.433. The molecule has 0 heterocycles. The van der Waals surface area contributed by atoms with Gasteiger partial charge >= 0.3 is 0 Å². The predicted molar refractivity (Wildman–Crippen MR) is 75.3 cm³/mol. The van der Waals surface area contributed by atoms with Crippen molar-refractivity contribution in [3.8, 4) is 0 Å². The third-order valence-electron chi connectivity index (χ3n) is 2.84. The van der Waals surface area contributed by atoms with E-state index >= 15 is 0 Å². The Labute approximate surface area is 104 Å². The Morgan fingerprint density at radius 1 is 1.25 bits per heavy atom. The molecule has 2 unspecified atom stereocenters. The first kappa shape index (κ1) is 13.6. The van der Waals surface area contributed by atoms with Crippen molar-refractivity contribution < 1.29 is 0 Å². The molecular weight excluding hydrogens is 214 g/mol. The Hall–Kier alpha value is -0.470. The molecule has 0 fully saturated rings. The fourth-order valence-corrected chi connectivity index (χ4v) is 2.72. The van der Waals surface area contributed by atoms with Crippen LogP contribution in [-0.2, 0) is 0 Å². The number of benzene rings is 1. The molecule has 0 aliphatic heterocycles. The summed E-state index contributed by atoms with van der Waals surface area (Å²) in [6, 6.07) is 7.69. The molecular formula is C14H23NS. The van der Waals surface area contributed by atoms with Crippen molar-refractivity contribution in [3.63, 3.8) is 0 Å². The number of rotatable bonds is 5.